The van der Waals surface area contributed by atoms with Gasteiger partial charge in [0.2, 0.25) is 0 Å². The highest BCUT2D eigenvalue weighted by atomic mass is 16.6. The molecule has 12 heteroatoms. The summed E-state index contributed by atoms with van der Waals surface area (Å²) in [5.74, 6) is -1.41. The lowest BCUT2D eigenvalue weighted by Crippen LogP contribution is -2.62. The Morgan fingerprint density at radius 1 is 1.24 bits per heavy atom. The van der Waals surface area contributed by atoms with Gasteiger partial charge in [-0.1, -0.05) is 24.6 Å². The maximum Gasteiger partial charge on any atom is 0.328 e. The van der Waals surface area contributed by atoms with E-state index in [2.05, 4.69) is 27.4 Å². The first-order valence-corrected chi connectivity index (χ1v) is 14.8. The number of ether oxygens (including phenoxy) is 1. The van der Waals surface area contributed by atoms with Crippen molar-refractivity contribution in [2.45, 2.75) is 83.0 Å². The Hall–Kier alpha value is -3.09. The predicted molar refractivity (Wildman–Crippen MR) is 150 cm³/mol. The molecule has 5 rings (SSSR count). The van der Waals surface area contributed by atoms with Crippen molar-refractivity contribution in [2.24, 2.45) is 33.7 Å². The number of rotatable bonds is 9. The molecule has 12 nitrogen and oxygen atoms in total. The number of oxime groups is 1. The molecule has 0 aromatic carbocycles. The monoisotopic (exact) mass is 586 g/mol. The van der Waals surface area contributed by atoms with E-state index in [4.69, 9.17) is 9.57 Å². The van der Waals surface area contributed by atoms with Crippen LogP contribution in [0.2, 0.25) is 0 Å². The number of aliphatic hydroxyl groups is 3. The smallest absolute Gasteiger partial charge is 0.328 e. The van der Waals surface area contributed by atoms with Crippen molar-refractivity contribution in [3.05, 3.63) is 29.9 Å². The second-order valence-electron chi connectivity index (χ2n) is 12.9. The van der Waals surface area contributed by atoms with Crippen molar-refractivity contribution in [1.82, 2.24) is 15.3 Å². The number of amides is 1. The van der Waals surface area contributed by atoms with E-state index in [-0.39, 0.29) is 36.2 Å². The molecule has 1 heterocycles. The molecule has 0 unspecified atom stereocenters. The molecule has 0 spiro atoms. The lowest BCUT2D eigenvalue weighted by Gasteiger charge is -2.60. The number of nitrogens with zero attached hydrogens (tertiary/aromatic N) is 2. The quantitative estimate of drug-likeness (QED) is 0.210. The standard InChI is InChI=1S/C30H42N4O8/c1-28-8-6-18(34-42-15-25(38)33-22(27(39)41-3)11-19-13-31-16-32-19)10-17(28)4-5-20-21-7-9-30(40,24(37)14-35)29(21,2)12-23(36)26(20)28/h10,13,16,20-23,26,35-36,40H,4-9,11-12,14-15H2,1-3H3,(H,31,32)(H,33,38)/b34-18-/t20-,21-,22+,23+,26+,28-,29-,30-/m0/s1. The van der Waals surface area contributed by atoms with Gasteiger partial charge in [-0.3, -0.25) is 9.59 Å². The number of aliphatic hydroxyl groups excluding tert-OH is 2. The number of carbonyl (C=O) groups excluding carboxylic acids is 3. The average Bonchev–Trinajstić information content (AvgIpc) is 3.57. The molecule has 0 aliphatic heterocycles. The molecule has 5 N–H and O–H groups in total. The molecule has 42 heavy (non-hydrogen) atoms. The number of carbonyl (C=O) groups is 3. The van der Waals surface area contributed by atoms with Crippen LogP contribution >= 0.6 is 0 Å². The Bertz CT molecular complexity index is 1260. The van der Waals surface area contributed by atoms with Crippen molar-refractivity contribution in [3.63, 3.8) is 0 Å². The molecule has 0 radical (unpaired) electrons. The lowest BCUT2D eigenvalue weighted by atomic mass is 9.45. The number of H-pyrrole nitrogens is 1. The number of hydrogen-bond acceptors (Lipinski definition) is 10. The number of ketones is 1. The second-order valence-corrected chi connectivity index (χ2v) is 12.9. The Morgan fingerprint density at radius 2 is 2.02 bits per heavy atom. The summed E-state index contributed by atoms with van der Waals surface area (Å²) in [6, 6.07) is -0.895. The summed E-state index contributed by atoms with van der Waals surface area (Å²) in [5.41, 5.74) is -0.0624. The first-order chi connectivity index (χ1) is 20.0. The van der Waals surface area contributed by atoms with Crippen LogP contribution in [-0.4, -0.2) is 86.7 Å². The Balaban J connectivity index is 1.24. The van der Waals surface area contributed by atoms with Crippen LogP contribution in [0.15, 0.2) is 29.3 Å². The highest BCUT2D eigenvalue weighted by Gasteiger charge is 2.68. The van der Waals surface area contributed by atoms with Crippen molar-refractivity contribution in [3.8, 4) is 0 Å². The molecule has 1 aromatic rings. The summed E-state index contributed by atoms with van der Waals surface area (Å²) in [4.78, 5) is 49.4. The maximum atomic E-state index is 12.6. The molecule has 1 amide bonds. The van der Waals surface area contributed by atoms with Crippen LogP contribution in [0, 0.1) is 28.6 Å². The van der Waals surface area contributed by atoms with Crippen LogP contribution < -0.4 is 5.32 Å². The van der Waals surface area contributed by atoms with Gasteiger partial charge in [0.15, 0.2) is 12.4 Å². The minimum Gasteiger partial charge on any atom is -0.467 e. The van der Waals surface area contributed by atoms with E-state index in [0.717, 1.165) is 25.0 Å². The van der Waals surface area contributed by atoms with Gasteiger partial charge in [-0.15, -0.1) is 0 Å². The third kappa shape index (κ3) is 5.07. The molecular formula is C30H42N4O8. The number of aromatic nitrogens is 2. The van der Waals surface area contributed by atoms with Crippen LogP contribution in [0.3, 0.4) is 0 Å². The first-order valence-electron chi connectivity index (χ1n) is 14.8. The van der Waals surface area contributed by atoms with E-state index in [9.17, 15) is 29.7 Å². The summed E-state index contributed by atoms with van der Waals surface area (Å²) in [6.07, 6.45) is 8.90. The van der Waals surface area contributed by atoms with Gasteiger partial charge in [0.05, 0.1) is 25.3 Å². The predicted octanol–water partition coefficient (Wildman–Crippen LogP) is 1.21. The zero-order valence-electron chi connectivity index (χ0n) is 24.5. The Labute approximate surface area is 244 Å². The topological polar surface area (TPSA) is 183 Å². The van der Waals surface area contributed by atoms with E-state index < -0.39 is 47.4 Å². The third-order valence-corrected chi connectivity index (χ3v) is 10.8. The number of methoxy groups -OCH3 is 1. The van der Waals surface area contributed by atoms with Crippen LogP contribution in [-0.2, 0) is 30.4 Å². The largest absolute Gasteiger partial charge is 0.467 e. The van der Waals surface area contributed by atoms with E-state index >= 15 is 0 Å². The number of fused-ring (bicyclic) bond motifs is 5. The molecule has 4 aliphatic carbocycles. The number of aromatic amines is 1. The van der Waals surface area contributed by atoms with Gasteiger partial charge in [-0.2, -0.15) is 0 Å². The van der Waals surface area contributed by atoms with Crippen LogP contribution in [0.25, 0.3) is 0 Å². The highest BCUT2D eigenvalue weighted by molar-refractivity contribution is 5.96. The molecule has 0 saturated heterocycles. The fourth-order valence-electron chi connectivity index (χ4n) is 8.73. The van der Waals surface area contributed by atoms with Crippen LogP contribution in [0.1, 0.15) is 64.5 Å². The van der Waals surface area contributed by atoms with Gasteiger partial charge in [-0.05, 0) is 74.2 Å². The van der Waals surface area contributed by atoms with Crippen LogP contribution in [0.4, 0.5) is 0 Å². The highest BCUT2D eigenvalue weighted by Crippen LogP contribution is 2.67. The van der Waals surface area contributed by atoms with E-state index in [1.807, 2.05) is 13.0 Å². The Kier molecular flexibility index (Phi) is 8.34. The minimum absolute atomic E-state index is 0.0134. The van der Waals surface area contributed by atoms with Gasteiger partial charge in [0, 0.05) is 23.7 Å². The number of Topliss-reactive ketones (excluding diaryl/α,β-unsaturated/α-hetero) is 1. The molecule has 1 aromatic heterocycles. The van der Waals surface area contributed by atoms with Gasteiger partial charge < -0.3 is 35.2 Å². The summed E-state index contributed by atoms with van der Waals surface area (Å²) in [7, 11) is 1.26. The number of nitrogens with one attached hydrogen (secondary N) is 2. The summed E-state index contributed by atoms with van der Waals surface area (Å²) in [5, 5.41) is 39.3. The summed E-state index contributed by atoms with van der Waals surface area (Å²) < 4.78 is 4.80. The maximum absolute atomic E-state index is 12.6. The molecule has 8 atom stereocenters. The molecule has 230 valence electrons. The molecule has 0 bridgehead atoms. The van der Waals surface area contributed by atoms with Gasteiger partial charge in [-0.25, -0.2) is 9.78 Å². The molecule has 3 fully saturated rings. The minimum atomic E-state index is -1.61. The second kappa shape index (κ2) is 11.5. The fraction of sp³-hybridized carbons (Fsp3) is 0.700. The van der Waals surface area contributed by atoms with E-state index in [1.165, 1.54) is 19.0 Å². The Morgan fingerprint density at radius 3 is 2.71 bits per heavy atom. The SMILES string of the molecule is COC(=O)[C@@H](Cc1cnc[nH]1)NC(=O)CO/N=C1\C=C2CC[C@@H]3[C@H]([C@H](O)C[C@@]4(C)[C@H]3CC[C@]4(O)C(=O)CO)[C@@]2(C)CC1. The molecule has 3 saturated carbocycles. The van der Waals surface area contributed by atoms with Crippen molar-refractivity contribution < 1.29 is 39.3 Å². The van der Waals surface area contributed by atoms with Crippen molar-refractivity contribution in [1.29, 1.82) is 0 Å². The normalized spacial score (nSPS) is 37.1. The molecule has 4 aliphatic rings. The lowest BCUT2D eigenvalue weighted by molar-refractivity contribution is -0.181. The van der Waals surface area contributed by atoms with Gasteiger partial charge in [0.1, 0.15) is 18.2 Å². The zero-order chi connectivity index (χ0) is 30.3. The number of hydrogen-bond donors (Lipinski definition) is 5. The number of allylic oxidation sites excluding steroid dienone is 2. The summed E-state index contributed by atoms with van der Waals surface area (Å²) >= 11 is 0. The molecular weight excluding hydrogens is 544 g/mol. The summed E-state index contributed by atoms with van der Waals surface area (Å²) in [6.45, 7) is 3.05. The van der Waals surface area contributed by atoms with Crippen LogP contribution in [0.5, 0.6) is 0 Å². The van der Waals surface area contributed by atoms with Crippen molar-refractivity contribution >= 4 is 23.4 Å². The number of imidazole rings is 1. The number of esters is 1. The van der Waals surface area contributed by atoms with E-state index in [1.54, 1.807) is 6.20 Å². The van der Waals surface area contributed by atoms with Crippen molar-refractivity contribution in [2.75, 3.05) is 20.3 Å². The average molecular weight is 587 g/mol. The van der Waals surface area contributed by atoms with Gasteiger partial charge >= 0.3 is 5.97 Å². The van der Waals surface area contributed by atoms with Gasteiger partial charge in [0.25, 0.3) is 5.91 Å². The zero-order valence-corrected chi connectivity index (χ0v) is 24.5. The third-order valence-electron chi connectivity index (χ3n) is 10.8. The fourth-order valence-corrected chi connectivity index (χ4v) is 8.73. The van der Waals surface area contributed by atoms with E-state index in [0.29, 0.717) is 31.4 Å². The first kappa shape index (κ1) is 30.4.